The number of halogens is 1. The van der Waals surface area contributed by atoms with Gasteiger partial charge >= 0.3 is 0 Å². The van der Waals surface area contributed by atoms with Crippen molar-refractivity contribution in [3.8, 4) is 5.75 Å². The second-order valence-electron chi connectivity index (χ2n) is 5.83. The zero-order chi connectivity index (χ0) is 17.4. The molecule has 0 saturated carbocycles. The molecular weight excluding hydrogens is 380 g/mol. The number of aromatic nitrogens is 2. The van der Waals surface area contributed by atoms with Crippen LogP contribution in [0.15, 0.2) is 70.2 Å². The maximum Gasteiger partial charge on any atom is 0.261 e. The first-order valence-electron chi connectivity index (χ1n) is 7.86. The minimum atomic E-state index is -0.0488. The molecule has 0 amide bonds. The summed E-state index contributed by atoms with van der Waals surface area (Å²) in [6, 6.07) is 17.5. The SMILES string of the molecule is COc1ccc(Cn2cnc3c(cc(Br)c4ccccc43)c2=O)cc1. The van der Waals surface area contributed by atoms with E-state index in [0.29, 0.717) is 11.9 Å². The van der Waals surface area contributed by atoms with E-state index >= 15 is 0 Å². The summed E-state index contributed by atoms with van der Waals surface area (Å²) in [5.74, 6) is 0.795. The highest BCUT2D eigenvalue weighted by molar-refractivity contribution is 9.10. The van der Waals surface area contributed by atoms with E-state index in [-0.39, 0.29) is 5.56 Å². The van der Waals surface area contributed by atoms with Crippen LogP contribution in [0.3, 0.4) is 0 Å². The molecule has 0 saturated heterocycles. The molecule has 4 aromatic rings. The fourth-order valence-corrected chi connectivity index (χ4v) is 3.57. The maximum absolute atomic E-state index is 12.9. The van der Waals surface area contributed by atoms with E-state index in [1.54, 1.807) is 18.0 Å². The lowest BCUT2D eigenvalue weighted by atomic mass is 10.1. The Labute approximate surface area is 152 Å². The van der Waals surface area contributed by atoms with Crippen molar-refractivity contribution in [3.05, 3.63) is 81.3 Å². The second-order valence-corrected chi connectivity index (χ2v) is 6.68. The largest absolute Gasteiger partial charge is 0.497 e. The van der Waals surface area contributed by atoms with Gasteiger partial charge in [0.15, 0.2) is 0 Å². The standard InChI is InChI=1S/C20H15BrN2O2/c1-25-14-8-6-13(7-9-14)11-23-12-22-19-16-5-3-2-4-15(16)18(21)10-17(19)20(23)24/h2-10,12H,11H2,1H3. The first kappa shape index (κ1) is 15.8. The molecule has 0 spiro atoms. The van der Waals surface area contributed by atoms with Crippen molar-refractivity contribution in [2.24, 2.45) is 0 Å². The summed E-state index contributed by atoms with van der Waals surface area (Å²) in [5, 5.41) is 2.64. The van der Waals surface area contributed by atoms with Crippen LogP contribution in [0.1, 0.15) is 5.56 Å². The van der Waals surface area contributed by atoms with Crippen LogP contribution in [0.25, 0.3) is 21.7 Å². The van der Waals surface area contributed by atoms with Gasteiger partial charge in [-0.15, -0.1) is 0 Å². The number of nitrogens with zero attached hydrogens (tertiary/aromatic N) is 2. The highest BCUT2D eigenvalue weighted by Gasteiger charge is 2.10. The Balaban J connectivity index is 1.84. The highest BCUT2D eigenvalue weighted by Crippen LogP contribution is 2.29. The number of hydrogen-bond acceptors (Lipinski definition) is 3. The molecular formula is C20H15BrN2O2. The van der Waals surface area contributed by atoms with Crippen LogP contribution in [0.5, 0.6) is 5.75 Å². The number of methoxy groups -OCH3 is 1. The van der Waals surface area contributed by atoms with Crippen molar-refractivity contribution in [2.45, 2.75) is 6.54 Å². The van der Waals surface area contributed by atoms with Crippen LogP contribution in [0.4, 0.5) is 0 Å². The highest BCUT2D eigenvalue weighted by atomic mass is 79.9. The predicted octanol–water partition coefficient (Wildman–Crippen LogP) is 4.37. The molecule has 5 heteroatoms. The third-order valence-corrected chi connectivity index (χ3v) is 4.95. The van der Waals surface area contributed by atoms with Gasteiger partial charge in [0.2, 0.25) is 0 Å². The zero-order valence-corrected chi connectivity index (χ0v) is 15.2. The number of rotatable bonds is 3. The molecule has 3 aromatic carbocycles. The fraction of sp³-hybridized carbons (Fsp3) is 0.100. The minimum Gasteiger partial charge on any atom is -0.497 e. The van der Waals surface area contributed by atoms with Gasteiger partial charge in [-0.1, -0.05) is 52.3 Å². The first-order chi connectivity index (χ1) is 12.2. The molecule has 0 aliphatic rings. The predicted molar refractivity (Wildman–Crippen MR) is 103 cm³/mol. The Kier molecular flexibility index (Phi) is 4.01. The van der Waals surface area contributed by atoms with Crippen LogP contribution in [0, 0.1) is 0 Å². The number of ether oxygens (including phenoxy) is 1. The van der Waals surface area contributed by atoms with Gasteiger partial charge in [0.05, 0.1) is 30.9 Å². The normalized spacial score (nSPS) is 11.1. The topological polar surface area (TPSA) is 44.1 Å². The van der Waals surface area contributed by atoms with Crippen LogP contribution in [0.2, 0.25) is 0 Å². The van der Waals surface area contributed by atoms with Crippen molar-refractivity contribution in [1.29, 1.82) is 0 Å². The molecule has 4 rings (SSSR count). The van der Waals surface area contributed by atoms with Crippen molar-refractivity contribution in [1.82, 2.24) is 9.55 Å². The van der Waals surface area contributed by atoms with Crippen molar-refractivity contribution >= 4 is 37.6 Å². The number of benzene rings is 3. The van der Waals surface area contributed by atoms with Gasteiger partial charge in [-0.25, -0.2) is 4.98 Å². The van der Waals surface area contributed by atoms with Crippen LogP contribution in [-0.2, 0) is 6.54 Å². The molecule has 124 valence electrons. The van der Waals surface area contributed by atoms with E-state index < -0.39 is 0 Å². The third-order valence-electron chi connectivity index (χ3n) is 4.30. The van der Waals surface area contributed by atoms with E-state index in [2.05, 4.69) is 20.9 Å². The molecule has 0 unspecified atom stereocenters. The molecule has 0 bridgehead atoms. The quantitative estimate of drug-likeness (QED) is 0.484. The van der Waals surface area contributed by atoms with Crippen LogP contribution in [-0.4, -0.2) is 16.7 Å². The number of hydrogen-bond donors (Lipinski definition) is 0. The van der Waals surface area contributed by atoms with Crippen molar-refractivity contribution in [2.75, 3.05) is 7.11 Å². The molecule has 0 N–H and O–H groups in total. The molecule has 1 heterocycles. The Morgan fingerprint density at radius 1 is 1.04 bits per heavy atom. The average Bonchev–Trinajstić information content (AvgIpc) is 2.65. The Bertz CT molecular complexity index is 1130. The maximum atomic E-state index is 12.9. The van der Waals surface area contributed by atoms with Gasteiger partial charge in [-0.3, -0.25) is 9.36 Å². The van der Waals surface area contributed by atoms with Crippen LogP contribution < -0.4 is 10.3 Å². The summed E-state index contributed by atoms with van der Waals surface area (Å²) in [7, 11) is 1.63. The summed E-state index contributed by atoms with van der Waals surface area (Å²) in [6.07, 6.45) is 1.62. The van der Waals surface area contributed by atoms with E-state index in [0.717, 1.165) is 32.1 Å². The Morgan fingerprint density at radius 2 is 1.76 bits per heavy atom. The number of fused-ring (bicyclic) bond motifs is 3. The summed E-state index contributed by atoms with van der Waals surface area (Å²) in [4.78, 5) is 17.5. The molecule has 0 aliphatic carbocycles. The zero-order valence-electron chi connectivity index (χ0n) is 13.6. The van der Waals surface area contributed by atoms with Gasteiger partial charge in [0.1, 0.15) is 5.75 Å². The summed E-state index contributed by atoms with van der Waals surface area (Å²) in [6.45, 7) is 0.468. The van der Waals surface area contributed by atoms with Gasteiger partial charge < -0.3 is 4.74 Å². The second kappa shape index (κ2) is 6.33. The van der Waals surface area contributed by atoms with E-state index in [4.69, 9.17) is 4.74 Å². The molecule has 0 radical (unpaired) electrons. The fourth-order valence-electron chi connectivity index (χ4n) is 2.99. The first-order valence-corrected chi connectivity index (χ1v) is 8.66. The third kappa shape index (κ3) is 2.81. The molecule has 0 aliphatic heterocycles. The average molecular weight is 395 g/mol. The Hall–Kier alpha value is -2.66. The molecule has 25 heavy (non-hydrogen) atoms. The van der Waals surface area contributed by atoms with E-state index in [9.17, 15) is 4.79 Å². The van der Waals surface area contributed by atoms with Gasteiger partial charge in [0, 0.05) is 9.86 Å². The lowest BCUT2D eigenvalue weighted by molar-refractivity contribution is 0.414. The summed E-state index contributed by atoms with van der Waals surface area (Å²) in [5.41, 5.74) is 1.70. The van der Waals surface area contributed by atoms with Crippen LogP contribution >= 0.6 is 15.9 Å². The van der Waals surface area contributed by atoms with Gasteiger partial charge in [-0.2, -0.15) is 0 Å². The van der Waals surface area contributed by atoms with Crippen molar-refractivity contribution in [3.63, 3.8) is 0 Å². The monoisotopic (exact) mass is 394 g/mol. The van der Waals surface area contributed by atoms with E-state index in [1.165, 1.54) is 0 Å². The molecule has 4 nitrogen and oxygen atoms in total. The minimum absolute atomic E-state index is 0.0488. The van der Waals surface area contributed by atoms with E-state index in [1.807, 2.05) is 54.6 Å². The molecule has 0 atom stereocenters. The van der Waals surface area contributed by atoms with Gasteiger partial charge in [-0.05, 0) is 29.1 Å². The lowest BCUT2D eigenvalue weighted by Crippen LogP contribution is -2.21. The summed E-state index contributed by atoms with van der Waals surface area (Å²) < 4.78 is 7.70. The molecule has 1 aromatic heterocycles. The smallest absolute Gasteiger partial charge is 0.261 e. The van der Waals surface area contributed by atoms with Crippen molar-refractivity contribution < 1.29 is 4.74 Å². The summed E-state index contributed by atoms with van der Waals surface area (Å²) >= 11 is 3.57. The van der Waals surface area contributed by atoms with Gasteiger partial charge in [0.25, 0.3) is 5.56 Å². The lowest BCUT2D eigenvalue weighted by Gasteiger charge is -2.10. The molecule has 0 fully saturated rings. The Morgan fingerprint density at radius 3 is 2.48 bits per heavy atom.